The Labute approximate surface area is 229 Å². The van der Waals surface area contributed by atoms with Crippen molar-refractivity contribution >= 4 is 29.2 Å². The van der Waals surface area contributed by atoms with Crippen LogP contribution in [0.1, 0.15) is 59.7 Å². The van der Waals surface area contributed by atoms with Gasteiger partial charge in [-0.15, -0.1) is 0 Å². The summed E-state index contributed by atoms with van der Waals surface area (Å²) in [5.41, 5.74) is 4.29. The molecule has 0 spiro atoms. The summed E-state index contributed by atoms with van der Waals surface area (Å²) < 4.78 is 4.74. The number of methoxy groups -OCH3 is 1. The Hall–Kier alpha value is -4.44. The molecule has 1 saturated carbocycles. The van der Waals surface area contributed by atoms with Gasteiger partial charge in [0, 0.05) is 23.5 Å². The summed E-state index contributed by atoms with van der Waals surface area (Å²) in [5, 5.41) is 45.2. The minimum atomic E-state index is -2.62. The molecule has 10 nitrogen and oxygen atoms in total. The quantitative estimate of drug-likeness (QED) is 0.283. The Morgan fingerprint density at radius 2 is 1.73 bits per heavy atom. The number of ketones is 2. The Balaban J connectivity index is 1.71. The summed E-state index contributed by atoms with van der Waals surface area (Å²) in [6.45, 7) is 3.90. The van der Waals surface area contributed by atoms with Crippen LogP contribution in [-0.2, 0) is 25.5 Å². The highest BCUT2D eigenvalue weighted by Crippen LogP contribution is 2.54. The highest BCUT2D eigenvalue weighted by atomic mass is 16.5. The van der Waals surface area contributed by atoms with Crippen molar-refractivity contribution in [3.8, 4) is 16.9 Å². The van der Waals surface area contributed by atoms with E-state index in [1.54, 1.807) is 24.3 Å². The second-order valence-electron chi connectivity index (χ2n) is 10.8. The average molecular weight is 548 g/mol. The number of ether oxygens (including phenoxy) is 1. The second-order valence-corrected chi connectivity index (χ2v) is 10.8. The third-order valence-corrected chi connectivity index (χ3v) is 8.34. The van der Waals surface area contributed by atoms with Crippen molar-refractivity contribution in [2.45, 2.75) is 44.6 Å². The topological polar surface area (TPSA) is 184 Å². The number of phenols is 1. The molecule has 0 aromatic heterocycles. The molecular weight excluding hydrogens is 518 g/mol. The Morgan fingerprint density at radius 1 is 1.07 bits per heavy atom. The molecule has 0 saturated heterocycles. The lowest BCUT2D eigenvalue weighted by atomic mass is 9.59. The molecule has 3 atom stereocenters. The van der Waals surface area contributed by atoms with Crippen molar-refractivity contribution < 1.29 is 44.3 Å². The number of phenolic OH excluding ortho intramolecular Hbond substituents is 1. The van der Waals surface area contributed by atoms with Gasteiger partial charge < -0.3 is 30.9 Å². The minimum absolute atomic E-state index is 0.0328. The molecule has 5 rings (SSSR count). The van der Waals surface area contributed by atoms with E-state index in [9.17, 15) is 39.6 Å². The van der Waals surface area contributed by atoms with Crippen LogP contribution in [0.4, 0.5) is 0 Å². The Bertz CT molecular complexity index is 1560. The summed E-state index contributed by atoms with van der Waals surface area (Å²) in [4.78, 5) is 50.0. The van der Waals surface area contributed by atoms with Gasteiger partial charge in [-0.25, -0.2) is 4.79 Å². The van der Waals surface area contributed by atoms with Gasteiger partial charge in [0.25, 0.3) is 5.91 Å². The summed E-state index contributed by atoms with van der Waals surface area (Å²) in [6, 6.07) is 8.14. The number of hydrogen-bond donors (Lipinski definition) is 5. The van der Waals surface area contributed by atoms with Gasteiger partial charge in [-0.3, -0.25) is 14.4 Å². The Kier molecular flexibility index (Phi) is 6.34. The number of esters is 1. The van der Waals surface area contributed by atoms with Crippen molar-refractivity contribution in [1.29, 1.82) is 0 Å². The van der Waals surface area contributed by atoms with Crippen LogP contribution in [0.3, 0.4) is 0 Å². The van der Waals surface area contributed by atoms with Gasteiger partial charge in [-0.05, 0) is 59.6 Å². The number of hydrogen-bond acceptors (Lipinski definition) is 9. The number of Topliss-reactive ketones (excluding diaryl/α,β-unsaturated/α-hetero) is 2. The van der Waals surface area contributed by atoms with Crippen LogP contribution in [0.5, 0.6) is 5.75 Å². The third kappa shape index (κ3) is 3.74. The number of amides is 1. The first-order valence-corrected chi connectivity index (χ1v) is 12.9. The average Bonchev–Trinajstić information content (AvgIpc) is 2.90. The van der Waals surface area contributed by atoms with Crippen molar-refractivity contribution in [3.05, 3.63) is 69.5 Å². The first-order chi connectivity index (χ1) is 18.8. The van der Waals surface area contributed by atoms with Gasteiger partial charge in [0.1, 0.15) is 22.8 Å². The van der Waals surface area contributed by atoms with E-state index in [-0.39, 0.29) is 42.1 Å². The molecule has 3 aliphatic rings. The van der Waals surface area contributed by atoms with Gasteiger partial charge in [0.05, 0.1) is 18.2 Å². The molecule has 0 aliphatic heterocycles. The fraction of sp³-hybridized carbons (Fsp3) is 0.333. The first kappa shape index (κ1) is 27.1. The number of aliphatic hydroxyl groups excluding tert-OH is 2. The van der Waals surface area contributed by atoms with Crippen molar-refractivity contribution in [3.63, 3.8) is 0 Å². The first-order valence-electron chi connectivity index (χ1n) is 12.9. The van der Waals surface area contributed by atoms with Gasteiger partial charge in [0.2, 0.25) is 5.78 Å². The van der Waals surface area contributed by atoms with Crippen molar-refractivity contribution in [1.82, 2.24) is 0 Å². The largest absolute Gasteiger partial charge is 0.508 e. The molecule has 10 heteroatoms. The van der Waals surface area contributed by atoms with E-state index in [4.69, 9.17) is 10.5 Å². The van der Waals surface area contributed by atoms with Crippen molar-refractivity contribution in [2.24, 2.45) is 17.6 Å². The molecule has 3 aliphatic carbocycles. The zero-order valence-corrected chi connectivity index (χ0v) is 22.1. The van der Waals surface area contributed by atoms with E-state index in [1.807, 2.05) is 19.9 Å². The lowest BCUT2D eigenvalue weighted by molar-refractivity contribution is -0.147. The van der Waals surface area contributed by atoms with E-state index in [0.717, 1.165) is 5.56 Å². The maximum atomic E-state index is 13.8. The van der Waals surface area contributed by atoms with Gasteiger partial charge in [-0.1, -0.05) is 26.0 Å². The third-order valence-electron chi connectivity index (χ3n) is 8.34. The summed E-state index contributed by atoms with van der Waals surface area (Å²) in [5.74, 6) is -7.22. The monoisotopic (exact) mass is 547 g/mol. The Morgan fingerprint density at radius 3 is 2.30 bits per heavy atom. The normalized spacial score (nSPS) is 24.0. The number of aromatic hydroxyl groups is 1. The SMILES string of the molecule is COC(=O)c1ccc(-c2cc(C(C)C)c3c(c2O)C(O)=C2C(=O)[C@]4(O)C(O)=C(C(N)=O)C(=O)C[C@@H]4C[C@@H]2C3)cc1. The van der Waals surface area contributed by atoms with E-state index < -0.39 is 58.0 Å². The number of fused-ring (bicyclic) bond motifs is 3. The van der Waals surface area contributed by atoms with Crippen LogP contribution in [0, 0.1) is 11.8 Å². The van der Waals surface area contributed by atoms with E-state index in [0.29, 0.717) is 22.3 Å². The fourth-order valence-electron chi connectivity index (χ4n) is 6.36. The second kappa shape index (κ2) is 9.34. The maximum Gasteiger partial charge on any atom is 0.337 e. The number of benzene rings is 2. The van der Waals surface area contributed by atoms with Crippen LogP contribution in [0.25, 0.3) is 16.9 Å². The molecule has 0 heterocycles. The molecule has 1 fully saturated rings. The summed E-state index contributed by atoms with van der Waals surface area (Å²) in [7, 11) is 1.27. The molecule has 0 unspecified atom stereocenters. The molecule has 2 aromatic rings. The predicted octanol–water partition coefficient (Wildman–Crippen LogP) is 3.00. The molecule has 0 bridgehead atoms. The van der Waals surface area contributed by atoms with E-state index in [2.05, 4.69) is 0 Å². The molecule has 2 aromatic carbocycles. The number of primary amides is 1. The smallest absolute Gasteiger partial charge is 0.337 e. The van der Waals surface area contributed by atoms with Crippen molar-refractivity contribution in [2.75, 3.05) is 7.11 Å². The van der Waals surface area contributed by atoms with E-state index >= 15 is 0 Å². The standard InChI is InChI=1S/C30H29NO9/c1-12(2)17-11-18(13-4-6-14(7-5-13)29(38)40-3)24(33)22-19(17)9-15-8-16-10-20(32)23(28(31)37)27(36)30(16,39)26(35)21(15)25(22)34/h4-7,11-12,15-16,33-34,36,39H,8-10H2,1-3H3,(H2,31,37)/t15-,16+,30+/m1/s1. The number of carbonyl (C=O) groups excluding carboxylic acids is 4. The summed E-state index contributed by atoms with van der Waals surface area (Å²) in [6.07, 6.45) is -0.0697. The van der Waals surface area contributed by atoms with Gasteiger partial charge in [-0.2, -0.15) is 0 Å². The number of nitrogens with two attached hydrogens (primary N) is 1. The minimum Gasteiger partial charge on any atom is -0.508 e. The van der Waals surface area contributed by atoms with Gasteiger partial charge >= 0.3 is 5.97 Å². The zero-order valence-electron chi connectivity index (χ0n) is 22.1. The van der Waals surface area contributed by atoms with Crippen LogP contribution in [-0.4, -0.2) is 56.6 Å². The fourth-order valence-corrected chi connectivity index (χ4v) is 6.36. The molecule has 6 N–H and O–H groups in total. The number of rotatable bonds is 4. The van der Waals surface area contributed by atoms with E-state index in [1.165, 1.54) is 7.11 Å². The zero-order chi connectivity index (χ0) is 29.3. The summed E-state index contributed by atoms with van der Waals surface area (Å²) >= 11 is 0. The van der Waals surface area contributed by atoms with Crippen LogP contribution < -0.4 is 5.73 Å². The highest BCUT2D eigenvalue weighted by Gasteiger charge is 2.60. The van der Waals surface area contributed by atoms with Gasteiger partial charge in [0.15, 0.2) is 11.4 Å². The lowest BCUT2D eigenvalue weighted by Crippen LogP contribution is -2.58. The number of carbonyl (C=O) groups is 4. The van der Waals surface area contributed by atoms with Crippen LogP contribution in [0.15, 0.2) is 47.2 Å². The number of aliphatic hydroxyl groups is 3. The molecular formula is C30H29NO9. The highest BCUT2D eigenvalue weighted by molar-refractivity contribution is 6.22. The van der Waals surface area contributed by atoms with Crippen LogP contribution in [0.2, 0.25) is 0 Å². The molecule has 40 heavy (non-hydrogen) atoms. The predicted molar refractivity (Wildman–Crippen MR) is 142 cm³/mol. The lowest BCUT2D eigenvalue weighted by Gasteiger charge is -2.46. The van der Waals surface area contributed by atoms with Crippen LogP contribution >= 0.6 is 0 Å². The maximum absolute atomic E-state index is 13.8. The molecule has 0 radical (unpaired) electrons. The molecule has 208 valence electrons. The molecule has 1 amide bonds.